The van der Waals surface area contributed by atoms with Crippen LogP contribution in [0, 0.1) is 5.92 Å². The van der Waals surface area contributed by atoms with Crippen LogP contribution in [0.5, 0.6) is 11.5 Å². The highest BCUT2D eigenvalue weighted by molar-refractivity contribution is 5.89. The monoisotopic (exact) mass is 375 g/mol. The quantitative estimate of drug-likeness (QED) is 0.801. The van der Waals surface area contributed by atoms with Gasteiger partial charge in [0.15, 0.2) is 11.5 Å². The molecule has 27 heavy (non-hydrogen) atoms. The van der Waals surface area contributed by atoms with Crippen LogP contribution in [0.15, 0.2) is 18.2 Å². The molecule has 0 bridgehead atoms. The van der Waals surface area contributed by atoms with Crippen molar-refractivity contribution in [2.24, 2.45) is 5.92 Å². The van der Waals surface area contributed by atoms with Crippen LogP contribution in [-0.2, 0) is 16.0 Å². The Morgan fingerprint density at radius 3 is 2.74 bits per heavy atom. The van der Waals surface area contributed by atoms with E-state index in [1.165, 1.54) is 0 Å². The normalized spacial score (nSPS) is 22.9. The van der Waals surface area contributed by atoms with Crippen molar-refractivity contribution in [2.75, 3.05) is 46.9 Å². The summed E-state index contributed by atoms with van der Waals surface area (Å²) < 4.78 is 10.6. The second-order valence-electron chi connectivity index (χ2n) is 7.26. The van der Waals surface area contributed by atoms with Crippen LogP contribution in [0.25, 0.3) is 0 Å². The summed E-state index contributed by atoms with van der Waals surface area (Å²) in [5.41, 5.74) is 1.07. The van der Waals surface area contributed by atoms with E-state index in [9.17, 15) is 9.59 Å². The first-order valence-electron chi connectivity index (χ1n) is 9.53. The van der Waals surface area contributed by atoms with Crippen molar-refractivity contribution in [3.05, 3.63) is 23.8 Å². The van der Waals surface area contributed by atoms with E-state index in [2.05, 4.69) is 12.2 Å². The molecule has 1 unspecified atom stereocenters. The van der Waals surface area contributed by atoms with Gasteiger partial charge in [0.2, 0.25) is 11.8 Å². The minimum Gasteiger partial charge on any atom is -0.493 e. The van der Waals surface area contributed by atoms with E-state index in [-0.39, 0.29) is 23.8 Å². The van der Waals surface area contributed by atoms with Crippen LogP contribution in [-0.4, -0.2) is 74.6 Å². The summed E-state index contributed by atoms with van der Waals surface area (Å²) in [7, 11) is 3.22. The molecule has 0 aliphatic carbocycles. The Kier molecular flexibility index (Phi) is 6.21. The van der Waals surface area contributed by atoms with Gasteiger partial charge in [-0.25, -0.2) is 0 Å². The van der Waals surface area contributed by atoms with Gasteiger partial charge in [0.1, 0.15) is 0 Å². The molecule has 2 atom stereocenters. The molecule has 2 aliphatic rings. The van der Waals surface area contributed by atoms with Gasteiger partial charge >= 0.3 is 0 Å². The number of nitrogens with zero attached hydrogens (tertiary/aromatic N) is 2. The molecule has 2 aliphatic heterocycles. The van der Waals surface area contributed by atoms with Crippen molar-refractivity contribution in [1.82, 2.24) is 15.1 Å². The maximum atomic E-state index is 12.8. The topological polar surface area (TPSA) is 71.1 Å². The molecule has 2 amide bonds. The number of hydrogen-bond donors (Lipinski definition) is 1. The zero-order valence-corrected chi connectivity index (χ0v) is 16.4. The highest BCUT2D eigenvalue weighted by Gasteiger charge is 2.37. The molecule has 7 heteroatoms. The van der Waals surface area contributed by atoms with Crippen molar-refractivity contribution >= 4 is 11.8 Å². The molecule has 1 aromatic rings. The second-order valence-corrected chi connectivity index (χ2v) is 7.26. The van der Waals surface area contributed by atoms with E-state index in [1.54, 1.807) is 14.2 Å². The molecule has 0 saturated carbocycles. The van der Waals surface area contributed by atoms with Gasteiger partial charge in [-0.15, -0.1) is 0 Å². The molecule has 2 heterocycles. The predicted octanol–water partition coefficient (Wildman–Crippen LogP) is 0.915. The number of carbonyl (C=O) groups is 2. The van der Waals surface area contributed by atoms with Crippen molar-refractivity contribution in [2.45, 2.75) is 25.8 Å². The first kappa shape index (κ1) is 19.5. The standard InChI is InChI=1S/C20H29N3O4/c1-14-12-21-7-9-23(14)20(25)16-11-19(24)22(13-16)8-6-15-4-5-17(26-2)18(10-15)27-3/h4-5,10,14,16,21H,6-9,11-13H2,1-3H3/t14-,16?/m1/s1. The average molecular weight is 375 g/mol. The molecule has 0 radical (unpaired) electrons. The van der Waals surface area contributed by atoms with Crippen molar-refractivity contribution in [1.29, 1.82) is 0 Å². The molecular formula is C20H29N3O4. The van der Waals surface area contributed by atoms with E-state index in [0.717, 1.165) is 31.6 Å². The van der Waals surface area contributed by atoms with E-state index in [4.69, 9.17) is 9.47 Å². The third-order valence-corrected chi connectivity index (χ3v) is 5.47. The first-order chi connectivity index (χ1) is 13.0. The number of benzene rings is 1. The molecule has 2 fully saturated rings. The molecule has 2 saturated heterocycles. The summed E-state index contributed by atoms with van der Waals surface area (Å²) in [6.07, 6.45) is 1.04. The minimum absolute atomic E-state index is 0.0663. The Morgan fingerprint density at radius 1 is 1.26 bits per heavy atom. The lowest BCUT2D eigenvalue weighted by molar-refractivity contribution is -0.138. The summed E-state index contributed by atoms with van der Waals surface area (Å²) >= 11 is 0. The lowest BCUT2D eigenvalue weighted by Gasteiger charge is -2.35. The molecule has 0 aromatic heterocycles. The van der Waals surface area contributed by atoms with Crippen LogP contribution < -0.4 is 14.8 Å². The SMILES string of the molecule is COc1ccc(CCN2CC(C(=O)N3CCNC[C@H]3C)CC2=O)cc1OC. The van der Waals surface area contributed by atoms with Gasteiger partial charge in [0.25, 0.3) is 0 Å². The van der Waals surface area contributed by atoms with Gasteiger partial charge in [-0.3, -0.25) is 9.59 Å². The highest BCUT2D eigenvalue weighted by Crippen LogP contribution is 2.28. The first-order valence-corrected chi connectivity index (χ1v) is 9.53. The predicted molar refractivity (Wildman–Crippen MR) is 102 cm³/mol. The van der Waals surface area contributed by atoms with Gasteiger partial charge < -0.3 is 24.6 Å². The maximum Gasteiger partial charge on any atom is 0.228 e. The lowest BCUT2D eigenvalue weighted by atomic mass is 10.0. The average Bonchev–Trinajstić information content (AvgIpc) is 3.06. The van der Waals surface area contributed by atoms with Gasteiger partial charge in [-0.1, -0.05) is 6.07 Å². The second kappa shape index (κ2) is 8.61. The van der Waals surface area contributed by atoms with Gasteiger partial charge in [0, 0.05) is 45.2 Å². The van der Waals surface area contributed by atoms with Crippen LogP contribution in [0.4, 0.5) is 0 Å². The summed E-state index contributed by atoms with van der Waals surface area (Å²) in [5.74, 6) is 1.34. The zero-order valence-electron chi connectivity index (χ0n) is 16.4. The third-order valence-electron chi connectivity index (χ3n) is 5.47. The smallest absolute Gasteiger partial charge is 0.228 e. The van der Waals surface area contributed by atoms with E-state index in [0.29, 0.717) is 31.0 Å². The maximum absolute atomic E-state index is 12.8. The Balaban J connectivity index is 1.57. The number of likely N-dealkylation sites (tertiary alicyclic amines) is 1. The van der Waals surface area contributed by atoms with Crippen LogP contribution in [0.3, 0.4) is 0 Å². The lowest BCUT2D eigenvalue weighted by Crippen LogP contribution is -2.54. The largest absolute Gasteiger partial charge is 0.493 e. The van der Waals surface area contributed by atoms with Crippen LogP contribution in [0.2, 0.25) is 0 Å². The third kappa shape index (κ3) is 4.35. The Labute approximate surface area is 160 Å². The molecule has 1 aromatic carbocycles. The summed E-state index contributed by atoms with van der Waals surface area (Å²) in [4.78, 5) is 28.9. The number of carbonyl (C=O) groups excluding carboxylic acids is 2. The summed E-state index contributed by atoms with van der Waals surface area (Å²) in [6.45, 7) is 5.53. The minimum atomic E-state index is -0.219. The van der Waals surface area contributed by atoms with Gasteiger partial charge in [-0.05, 0) is 31.0 Å². The molecule has 0 spiro atoms. The molecular weight excluding hydrogens is 346 g/mol. The molecule has 1 N–H and O–H groups in total. The number of piperazine rings is 1. The number of nitrogens with one attached hydrogen (secondary N) is 1. The number of methoxy groups -OCH3 is 2. The number of ether oxygens (including phenoxy) is 2. The van der Waals surface area contributed by atoms with E-state index < -0.39 is 0 Å². The van der Waals surface area contributed by atoms with Gasteiger partial charge in [-0.2, -0.15) is 0 Å². The number of amides is 2. The number of hydrogen-bond acceptors (Lipinski definition) is 5. The van der Waals surface area contributed by atoms with Crippen molar-refractivity contribution < 1.29 is 19.1 Å². The van der Waals surface area contributed by atoms with Crippen molar-refractivity contribution in [3.63, 3.8) is 0 Å². The molecule has 148 valence electrons. The fraction of sp³-hybridized carbons (Fsp3) is 0.600. The fourth-order valence-corrected chi connectivity index (χ4v) is 3.86. The van der Waals surface area contributed by atoms with Crippen LogP contribution in [0.1, 0.15) is 18.9 Å². The fourth-order valence-electron chi connectivity index (χ4n) is 3.86. The number of rotatable bonds is 6. The highest BCUT2D eigenvalue weighted by atomic mass is 16.5. The Morgan fingerprint density at radius 2 is 2.04 bits per heavy atom. The molecule has 7 nitrogen and oxygen atoms in total. The summed E-state index contributed by atoms with van der Waals surface area (Å²) in [5, 5.41) is 3.29. The summed E-state index contributed by atoms with van der Waals surface area (Å²) in [6, 6.07) is 5.97. The molecule has 3 rings (SSSR count). The zero-order chi connectivity index (χ0) is 19.4. The Hall–Kier alpha value is -2.28. The van der Waals surface area contributed by atoms with Crippen LogP contribution >= 0.6 is 0 Å². The van der Waals surface area contributed by atoms with E-state index >= 15 is 0 Å². The van der Waals surface area contributed by atoms with Gasteiger partial charge in [0.05, 0.1) is 20.1 Å². The van der Waals surface area contributed by atoms with Crippen molar-refractivity contribution in [3.8, 4) is 11.5 Å². The van der Waals surface area contributed by atoms with E-state index in [1.807, 2.05) is 28.0 Å². The Bertz CT molecular complexity index is 694.